The van der Waals surface area contributed by atoms with Crippen molar-refractivity contribution in [1.82, 2.24) is 0 Å². The van der Waals surface area contributed by atoms with Crippen LogP contribution in [0.3, 0.4) is 0 Å². The molecule has 3 N–H and O–H groups in total. The molecule has 0 aliphatic carbocycles. The molecule has 0 aromatic rings. The summed E-state index contributed by atoms with van der Waals surface area (Å²) in [6.07, 6.45) is 6.73. The lowest BCUT2D eigenvalue weighted by molar-refractivity contribution is 0.184. The minimum atomic E-state index is -0.778. The molecule has 24 heavy (non-hydrogen) atoms. The zero-order valence-corrected chi connectivity index (χ0v) is 16.2. The lowest BCUT2D eigenvalue weighted by Crippen LogP contribution is -2.10. The molecule has 0 rings (SSSR count). The summed E-state index contributed by atoms with van der Waals surface area (Å²) in [5.74, 6) is 0.201. The zero-order chi connectivity index (χ0) is 18.9. The largest absolute Gasteiger partial charge is 0.512 e. The van der Waals surface area contributed by atoms with Crippen LogP contribution in [0.25, 0.3) is 0 Å². The van der Waals surface area contributed by atoms with Crippen LogP contribution < -0.4 is 0 Å². The van der Waals surface area contributed by atoms with Gasteiger partial charge in [0.1, 0.15) is 5.76 Å². The van der Waals surface area contributed by atoms with Gasteiger partial charge in [0.05, 0.1) is 16.9 Å². The van der Waals surface area contributed by atoms with Crippen LogP contribution in [0.15, 0.2) is 58.1 Å². The third-order valence-electron chi connectivity index (χ3n) is 3.76. The van der Waals surface area contributed by atoms with Crippen LogP contribution in [0.1, 0.15) is 53.9 Å². The molecule has 0 aromatic carbocycles. The van der Waals surface area contributed by atoms with E-state index in [0.717, 1.165) is 12.8 Å². The second-order valence-electron chi connectivity index (χ2n) is 6.46. The van der Waals surface area contributed by atoms with Gasteiger partial charge < -0.3 is 15.3 Å². The molecule has 3 nitrogen and oxygen atoms in total. The number of hydrogen-bond donors (Lipinski definition) is 3. The number of aliphatic hydroxyl groups is 3. The molecule has 0 amide bonds. The Morgan fingerprint density at radius 3 is 2.21 bits per heavy atom. The maximum absolute atomic E-state index is 10.1. The van der Waals surface area contributed by atoms with Gasteiger partial charge in [0, 0.05) is 5.57 Å². The van der Waals surface area contributed by atoms with Crippen LogP contribution in [0, 0.1) is 5.92 Å². The Labute approximate surface area is 151 Å². The van der Waals surface area contributed by atoms with Gasteiger partial charge in [0.2, 0.25) is 0 Å². The van der Waals surface area contributed by atoms with Crippen molar-refractivity contribution in [1.29, 1.82) is 0 Å². The molecule has 0 saturated heterocycles. The summed E-state index contributed by atoms with van der Waals surface area (Å²) in [4.78, 5) is 0. The van der Waals surface area contributed by atoms with Crippen molar-refractivity contribution < 1.29 is 15.3 Å². The maximum Gasteiger partial charge on any atom is 0.133 e. The van der Waals surface area contributed by atoms with Crippen molar-refractivity contribution in [2.75, 3.05) is 0 Å². The molecule has 0 spiro atoms. The average Bonchev–Trinajstić information content (AvgIpc) is 2.45. The van der Waals surface area contributed by atoms with E-state index >= 15 is 0 Å². The Bertz CT molecular complexity index is 545. The van der Waals surface area contributed by atoms with Gasteiger partial charge in [-0.15, -0.1) is 0 Å². The molecular formula is C20H31ClO3. The first-order chi connectivity index (χ1) is 11.1. The van der Waals surface area contributed by atoms with Crippen LogP contribution in [0.5, 0.6) is 0 Å². The second-order valence-corrected chi connectivity index (χ2v) is 6.84. The third-order valence-corrected chi connectivity index (χ3v) is 4.24. The summed E-state index contributed by atoms with van der Waals surface area (Å²) in [6, 6.07) is 0. The molecule has 0 fully saturated rings. The number of hydrogen-bond acceptors (Lipinski definition) is 3. The first-order valence-corrected chi connectivity index (χ1v) is 8.59. The quantitative estimate of drug-likeness (QED) is 0.266. The van der Waals surface area contributed by atoms with Crippen molar-refractivity contribution in [3.8, 4) is 0 Å². The number of rotatable bonds is 9. The van der Waals surface area contributed by atoms with E-state index < -0.39 is 6.10 Å². The third kappa shape index (κ3) is 8.42. The van der Waals surface area contributed by atoms with Crippen molar-refractivity contribution in [2.45, 2.75) is 60.0 Å². The topological polar surface area (TPSA) is 60.7 Å². The molecular weight excluding hydrogens is 324 g/mol. The van der Waals surface area contributed by atoms with Crippen LogP contribution in [0.4, 0.5) is 0 Å². The van der Waals surface area contributed by atoms with Crippen molar-refractivity contribution >= 4 is 11.6 Å². The first-order valence-electron chi connectivity index (χ1n) is 8.21. The molecule has 136 valence electrons. The van der Waals surface area contributed by atoms with E-state index in [9.17, 15) is 15.3 Å². The van der Waals surface area contributed by atoms with Gasteiger partial charge in [-0.25, -0.2) is 0 Å². The SMILES string of the molecule is C=CC(=C(/C)O)/C(C)=C(Cl)\C(O)=C\C(O)CC(C)CCC=C(C)C. The van der Waals surface area contributed by atoms with Gasteiger partial charge in [-0.2, -0.15) is 0 Å². The van der Waals surface area contributed by atoms with E-state index in [2.05, 4.69) is 33.4 Å². The highest BCUT2D eigenvalue weighted by molar-refractivity contribution is 6.32. The van der Waals surface area contributed by atoms with Crippen molar-refractivity contribution in [3.63, 3.8) is 0 Å². The van der Waals surface area contributed by atoms with Crippen LogP contribution in [0.2, 0.25) is 0 Å². The van der Waals surface area contributed by atoms with Gasteiger partial charge in [-0.3, -0.25) is 0 Å². The summed E-state index contributed by atoms with van der Waals surface area (Å²) < 4.78 is 0. The number of allylic oxidation sites excluding steroid dienone is 7. The lowest BCUT2D eigenvalue weighted by atomic mass is 9.97. The smallest absolute Gasteiger partial charge is 0.133 e. The highest BCUT2D eigenvalue weighted by atomic mass is 35.5. The molecule has 4 heteroatoms. The fourth-order valence-corrected chi connectivity index (χ4v) is 2.56. The normalized spacial score (nSPS) is 16.7. The predicted octanol–water partition coefficient (Wildman–Crippen LogP) is 6.09. The molecule has 0 aromatic heterocycles. The molecule has 0 bridgehead atoms. The summed E-state index contributed by atoms with van der Waals surface area (Å²) in [5, 5.41) is 29.9. The minimum absolute atomic E-state index is 0.0712. The maximum atomic E-state index is 10.1. The summed E-state index contributed by atoms with van der Waals surface area (Å²) >= 11 is 6.15. The standard InChI is InChI=1S/C20H31ClO3/c1-7-18(16(6)22)15(5)20(21)19(24)12-17(23)11-14(4)10-8-9-13(2)3/h7,9,12,14,17,22-24H,1,8,10-11H2,2-6H3/b18-16+,19-12-,20-15+. The zero-order valence-electron chi connectivity index (χ0n) is 15.4. The second kappa shape index (κ2) is 11.2. The molecule has 0 aliphatic heterocycles. The minimum Gasteiger partial charge on any atom is -0.512 e. The van der Waals surface area contributed by atoms with Gasteiger partial charge in [0.25, 0.3) is 0 Å². The monoisotopic (exact) mass is 354 g/mol. The summed E-state index contributed by atoms with van der Waals surface area (Å²) in [5.41, 5.74) is 2.26. The van der Waals surface area contributed by atoms with E-state index in [4.69, 9.17) is 11.6 Å². The van der Waals surface area contributed by atoms with Gasteiger partial charge in [-0.1, -0.05) is 42.8 Å². The van der Waals surface area contributed by atoms with Gasteiger partial charge >= 0.3 is 0 Å². The van der Waals surface area contributed by atoms with Gasteiger partial charge in [0.15, 0.2) is 0 Å². The van der Waals surface area contributed by atoms with E-state index in [0.29, 0.717) is 23.5 Å². The van der Waals surface area contributed by atoms with Crippen molar-refractivity contribution in [3.05, 3.63) is 58.1 Å². The fourth-order valence-electron chi connectivity index (χ4n) is 2.39. The number of halogens is 1. The first kappa shape index (κ1) is 22.6. The van der Waals surface area contributed by atoms with E-state index in [1.165, 1.54) is 24.6 Å². The van der Waals surface area contributed by atoms with Crippen LogP contribution in [-0.4, -0.2) is 21.4 Å². The van der Waals surface area contributed by atoms with E-state index in [-0.39, 0.29) is 16.6 Å². The Morgan fingerprint density at radius 1 is 1.17 bits per heavy atom. The van der Waals surface area contributed by atoms with Crippen LogP contribution >= 0.6 is 11.6 Å². The molecule has 0 aliphatic rings. The molecule has 2 atom stereocenters. The van der Waals surface area contributed by atoms with E-state index in [1.54, 1.807) is 6.92 Å². The van der Waals surface area contributed by atoms with E-state index in [1.807, 2.05) is 0 Å². The number of aliphatic hydroxyl groups excluding tert-OH is 3. The Balaban J connectivity index is 4.96. The average molecular weight is 355 g/mol. The Kier molecular flexibility index (Phi) is 10.5. The Hall–Kier alpha value is -1.45. The summed E-state index contributed by atoms with van der Waals surface area (Å²) in [6.45, 7) is 13.0. The summed E-state index contributed by atoms with van der Waals surface area (Å²) in [7, 11) is 0. The predicted molar refractivity (Wildman–Crippen MR) is 103 cm³/mol. The Morgan fingerprint density at radius 2 is 1.75 bits per heavy atom. The molecule has 0 heterocycles. The highest BCUT2D eigenvalue weighted by Crippen LogP contribution is 2.26. The molecule has 0 radical (unpaired) electrons. The lowest BCUT2D eigenvalue weighted by Gasteiger charge is -2.14. The molecule has 2 unspecified atom stereocenters. The fraction of sp³-hybridized carbons (Fsp3) is 0.500. The molecule has 0 saturated carbocycles. The van der Waals surface area contributed by atoms with Crippen LogP contribution in [-0.2, 0) is 0 Å². The van der Waals surface area contributed by atoms with Crippen molar-refractivity contribution in [2.24, 2.45) is 5.92 Å². The highest BCUT2D eigenvalue weighted by Gasteiger charge is 2.13. The van der Waals surface area contributed by atoms with Gasteiger partial charge in [-0.05, 0) is 64.5 Å².